The van der Waals surface area contributed by atoms with Crippen LogP contribution in [0.15, 0.2) is 54.9 Å². The first-order chi connectivity index (χ1) is 14.2. The molecule has 0 aliphatic carbocycles. The highest BCUT2D eigenvalue weighted by Crippen LogP contribution is 2.25. The molecule has 0 bridgehead atoms. The number of hydrogen-bond donors (Lipinski definition) is 1. The first-order valence-corrected chi connectivity index (χ1v) is 9.40. The van der Waals surface area contributed by atoms with Crippen LogP contribution in [0.1, 0.15) is 16.2 Å². The lowest BCUT2D eigenvalue weighted by molar-refractivity contribution is 0.0940. The molecule has 1 aliphatic heterocycles. The van der Waals surface area contributed by atoms with Crippen LogP contribution >= 0.6 is 0 Å². The molecule has 0 fully saturated rings. The summed E-state index contributed by atoms with van der Waals surface area (Å²) in [6, 6.07) is 12.9. The summed E-state index contributed by atoms with van der Waals surface area (Å²) in [5, 5.41) is 7.23. The van der Waals surface area contributed by atoms with Gasteiger partial charge >= 0.3 is 0 Å². The highest BCUT2D eigenvalue weighted by Gasteiger charge is 2.26. The monoisotopic (exact) mass is 394 g/mol. The number of amides is 1. The van der Waals surface area contributed by atoms with Crippen molar-refractivity contribution in [1.29, 1.82) is 0 Å². The van der Waals surface area contributed by atoms with E-state index >= 15 is 0 Å². The zero-order chi connectivity index (χ0) is 20.1. The minimum atomic E-state index is -0.220. The van der Waals surface area contributed by atoms with Gasteiger partial charge in [0.05, 0.1) is 20.2 Å². The van der Waals surface area contributed by atoms with Crippen LogP contribution in [0.5, 0.6) is 17.2 Å². The molecule has 0 saturated carbocycles. The van der Waals surface area contributed by atoms with E-state index < -0.39 is 0 Å². The second kappa shape index (κ2) is 8.64. The van der Waals surface area contributed by atoms with Crippen molar-refractivity contribution in [1.82, 2.24) is 20.1 Å². The quantitative estimate of drug-likeness (QED) is 0.589. The summed E-state index contributed by atoms with van der Waals surface area (Å²) in [4.78, 5) is 16.3. The number of benzene rings is 1. The van der Waals surface area contributed by atoms with Crippen LogP contribution in [0, 0.1) is 0 Å². The summed E-state index contributed by atoms with van der Waals surface area (Å²) < 4.78 is 18.6. The first-order valence-electron chi connectivity index (χ1n) is 9.40. The van der Waals surface area contributed by atoms with E-state index in [0.29, 0.717) is 43.3 Å². The van der Waals surface area contributed by atoms with Crippen molar-refractivity contribution < 1.29 is 19.0 Å². The summed E-state index contributed by atoms with van der Waals surface area (Å²) in [6.07, 6.45) is 4.11. The van der Waals surface area contributed by atoms with Crippen molar-refractivity contribution in [3.63, 3.8) is 0 Å². The largest absolute Gasteiger partial charge is 0.493 e. The highest BCUT2D eigenvalue weighted by molar-refractivity contribution is 5.92. The number of aromatic nitrogens is 3. The summed E-state index contributed by atoms with van der Waals surface area (Å²) >= 11 is 0. The molecule has 1 aromatic carbocycles. The van der Waals surface area contributed by atoms with Gasteiger partial charge in [0.1, 0.15) is 24.2 Å². The van der Waals surface area contributed by atoms with Gasteiger partial charge in [-0.15, -0.1) is 0 Å². The Labute approximate surface area is 168 Å². The van der Waals surface area contributed by atoms with E-state index in [2.05, 4.69) is 15.4 Å². The van der Waals surface area contributed by atoms with Crippen LogP contribution < -0.4 is 19.5 Å². The number of methoxy groups -OCH3 is 1. The molecule has 3 heterocycles. The van der Waals surface area contributed by atoms with E-state index in [1.807, 2.05) is 47.1 Å². The van der Waals surface area contributed by atoms with Crippen LogP contribution in [0.25, 0.3) is 0 Å². The van der Waals surface area contributed by atoms with E-state index in [9.17, 15) is 4.79 Å². The Morgan fingerprint density at radius 2 is 2.00 bits per heavy atom. The van der Waals surface area contributed by atoms with Gasteiger partial charge in [0, 0.05) is 24.5 Å². The molecule has 29 heavy (non-hydrogen) atoms. The Kier molecular flexibility index (Phi) is 5.60. The summed E-state index contributed by atoms with van der Waals surface area (Å²) in [5.74, 6) is 1.87. The molecule has 8 nitrogen and oxygen atoms in total. The fourth-order valence-corrected chi connectivity index (χ4v) is 3.22. The van der Waals surface area contributed by atoms with Gasteiger partial charge in [-0.3, -0.25) is 14.5 Å². The van der Waals surface area contributed by atoms with Gasteiger partial charge in [-0.25, -0.2) is 0 Å². The predicted octanol–water partition coefficient (Wildman–Crippen LogP) is 2.10. The average molecular weight is 394 g/mol. The van der Waals surface area contributed by atoms with E-state index in [4.69, 9.17) is 14.2 Å². The average Bonchev–Trinajstić information content (AvgIpc) is 3.31. The lowest BCUT2D eigenvalue weighted by Crippen LogP contribution is -2.29. The third kappa shape index (κ3) is 4.48. The molecule has 1 aliphatic rings. The minimum Gasteiger partial charge on any atom is -0.493 e. The highest BCUT2D eigenvalue weighted by atomic mass is 16.5. The van der Waals surface area contributed by atoms with Crippen molar-refractivity contribution in [3.05, 3.63) is 66.2 Å². The van der Waals surface area contributed by atoms with Crippen LogP contribution in [-0.2, 0) is 13.0 Å². The number of para-hydroxylation sites is 2. The Hall–Kier alpha value is -3.55. The van der Waals surface area contributed by atoms with E-state index in [0.717, 1.165) is 11.4 Å². The van der Waals surface area contributed by atoms with Crippen molar-refractivity contribution in [2.24, 2.45) is 0 Å². The second-order valence-electron chi connectivity index (χ2n) is 6.59. The Morgan fingerprint density at radius 1 is 1.21 bits per heavy atom. The number of nitrogens with zero attached hydrogens (tertiary/aromatic N) is 3. The number of nitrogens with one attached hydrogen (secondary N) is 1. The first kappa shape index (κ1) is 18.8. The summed E-state index contributed by atoms with van der Waals surface area (Å²) in [6.45, 7) is 1.32. The molecular formula is C21H22N4O4. The normalized spacial score (nSPS) is 14.9. The number of fused-ring (bicyclic) bond motifs is 1. The topological polar surface area (TPSA) is 87.5 Å². The van der Waals surface area contributed by atoms with Gasteiger partial charge < -0.3 is 19.5 Å². The molecule has 4 rings (SSSR count). The van der Waals surface area contributed by atoms with Crippen LogP contribution in [0.3, 0.4) is 0 Å². The number of carbonyl (C=O) groups excluding carboxylic acids is 1. The van der Waals surface area contributed by atoms with E-state index in [-0.39, 0.29) is 12.0 Å². The van der Waals surface area contributed by atoms with Crippen LogP contribution in [0.4, 0.5) is 0 Å². The fraction of sp³-hybridized carbons (Fsp3) is 0.286. The second-order valence-corrected chi connectivity index (χ2v) is 6.59. The van der Waals surface area contributed by atoms with E-state index in [1.54, 1.807) is 19.5 Å². The molecule has 0 spiro atoms. The van der Waals surface area contributed by atoms with Gasteiger partial charge in [-0.2, -0.15) is 5.10 Å². The van der Waals surface area contributed by atoms with Crippen molar-refractivity contribution in [3.8, 4) is 17.2 Å². The van der Waals surface area contributed by atoms with Crippen LogP contribution in [-0.4, -0.2) is 47.0 Å². The molecule has 1 atom stereocenters. The molecule has 2 aromatic heterocycles. The van der Waals surface area contributed by atoms with Gasteiger partial charge in [0.2, 0.25) is 0 Å². The molecule has 8 heteroatoms. The lowest BCUT2D eigenvalue weighted by Gasteiger charge is -2.12. The molecule has 150 valence electrons. The smallest absolute Gasteiger partial charge is 0.271 e. The minimum absolute atomic E-state index is 0.00580. The van der Waals surface area contributed by atoms with Crippen LogP contribution in [0.2, 0.25) is 0 Å². The number of carbonyl (C=O) groups is 1. The maximum Gasteiger partial charge on any atom is 0.271 e. The molecule has 0 saturated heterocycles. The predicted molar refractivity (Wildman–Crippen MR) is 105 cm³/mol. The van der Waals surface area contributed by atoms with E-state index in [1.165, 1.54) is 0 Å². The third-order valence-electron chi connectivity index (χ3n) is 4.58. The molecule has 1 amide bonds. The maximum absolute atomic E-state index is 12.4. The van der Waals surface area contributed by atoms with Gasteiger partial charge in [0.25, 0.3) is 5.91 Å². The Balaban J connectivity index is 1.25. The van der Waals surface area contributed by atoms with Gasteiger partial charge in [-0.05, 0) is 30.3 Å². The third-order valence-corrected chi connectivity index (χ3v) is 4.58. The Morgan fingerprint density at radius 3 is 2.76 bits per heavy atom. The summed E-state index contributed by atoms with van der Waals surface area (Å²) in [5.41, 5.74) is 1.39. The standard InChI is InChI=1S/C21H22N4O4/c1-27-19-4-2-3-5-20(19)28-11-10-23-21(26)18-13-15-12-17(14-25(15)24-18)29-16-6-8-22-9-7-16/h2-9,13,17H,10-12,14H2,1H3,(H,23,26)/t17-/m0/s1. The van der Waals surface area contributed by atoms with Crippen molar-refractivity contribution >= 4 is 5.91 Å². The zero-order valence-corrected chi connectivity index (χ0v) is 16.1. The summed E-state index contributed by atoms with van der Waals surface area (Å²) in [7, 11) is 1.59. The van der Waals surface area contributed by atoms with Gasteiger partial charge in [0.15, 0.2) is 11.5 Å². The molecular weight excluding hydrogens is 372 g/mol. The zero-order valence-electron chi connectivity index (χ0n) is 16.1. The number of pyridine rings is 1. The maximum atomic E-state index is 12.4. The SMILES string of the molecule is COc1ccccc1OCCNC(=O)c1cc2n(n1)C[C@@H](Oc1ccncc1)C2. The molecule has 0 radical (unpaired) electrons. The van der Waals surface area contributed by atoms with Gasteiger partial charge in [-0.1, -0.05) is 12.1 Å². The molecule has 3 aromatic rings. The fourth-order valence-electron chi connectivity index (χ4n) is 3.22. The number of ether oxygens (including phenoxy) is 3. The molecule has 1 N–H and O–H groups in total. The number of rotatable bonds is 8. The number of hydrogen-bond acceptors (Lipinski definition) is 6. The van der Waals surface area contributed by atoms with Crippen molar-refractivity contribution in [2.45, 2.75) is 19.1 Å². The Bertz CT molecular complexity index is 950. The van der Waals surface area contributed by atoms with Crippen molar-refractivity contribution in [2.75, 3.05) is 20.3 Å². The lowest BCUT2D eigenvalue weighted by atomic mass is 10.2. The molecule has 0 unspecified atom stereocenters.